The molecular weight excluding hydrogens is 410 g/mol. The molecule has 0 aliphatic rings. The third-order valence-electron chi connectivity index (χ3n) is 5.02. The number of rotatable bonds is 4. The molecular formula is C22H21N7O3. The van der Waals surface area contributed by atoms with Gasteiger partial charge >= 0.3 is 0 Å². The highest BCUT2D eigenvalue weighted by Gasteiger charge is 2.21. The van der Waals surface area contributed by atoms with E-state index in [0.717, 1.165) is 11.1 Å². The van der Waals surface area contributed by atoms with E-state index >= 15 is 0 Å². The van der Waals surface area contributed by atoms with Crippen molar-refractivity contribution in [2.45, 2.75) is 19.9 Å². The second-order valence-electron chi connectivity index (χ2n) is 7.16. The minimum absolute atomic E-state index is 0.191. The maximum atomic E-state index is 13.2. The molecule has 0 aliphatic carbocycles. The summed E-state index contributed by atoms with van der Waals surface area (Å²) in [4.78, 5) is 25.7. The molecule has 0 saturated carbocycles. The number of aliphatic hydroxyl groups is 1. The molecule has 0 fully saturated rings. The van der Waals surface area contributed by atoms with Crippen LogP contribution in [-0.4, -0.2) is 36.4 Å². The van der Waals surface area contributed by atoms with Crippen LogP contribution in [0.2, 0.25) is 0 Å². The van der Waals surface area contributed by atoms with Crippen molar-refractivity contribution in [2.75, 3.05) is 17.7 Å². The van der Waals surface area contributed by atoms with Crippen LogP contribution in [0, 0.1) is 18.8 Å². The quantitative estimate of drug-likeness (QED) is 0.412. The van der Waals surface area contributed by atoms with Crippen molar-refractivity contribution in [2.24, 2.45) is 7.05 Å². The lowest BCUT2D eigenvalue weighted by Crippen LogP contribution is -2.25. The fourth-order valence-corrected chi connectivity index (χ4v) is 3.52. The summed E-state index contributed by atoms with van der Waals surface area (Å²) >= 11 is 0. The summed E-state index contributed by atoms with van der Waals surface area (Å²) < 4.78 is 6.82. The van der Waals surface area contributed by atoms with Crippen LogP contribution in [0.3, 0.4) is 0 Å². The number of nitrogens with zero attached hydrogens (tertiary/aromatic N) is 5. The lowest BCUT2D eigenvalue weighted by molar-refractivity contribution is 0.350. The van der Waals surface area contributed by atoms with Crippen LogP contribution in [0.25, 0.3) is 22.2 Å². The van der Waals surface area contributed by atoms with Gasteiger partial charge < -0.3 is 25.2 Å². The Labute approximate surface area is 183 Å². The Hall–Kier alpha value is -4.23. The number of hydrogen-bond acceptors (Lipinski definition) is 9. The number of anilines is 2. The van der Waals surface area contributed by atoms with E-state index in [4.69, 9.17) is 15.4 Å². The van der Waals surface area contributed by atoms with Crippen molar-refractivity contribution in [1.29, 1.82) is 0 Å². The Morgan fingerprint density at radius 2 is 2.16 bits per heavy atom. The Kier molecular flexibility index (Phi) is 5.57. The number of hydrogen-bond donors (Lipinski definition) is 3. The molecule has 4 aromatic rings. The van der Waals surface area contributed by atoms with Crippen molar-refractivity contribution in [3.05, 3.63) is 58.0 Å². The second-order valence-corrected chi connectivity index (χ2v) is 7.16. The zero-order valence-electron chi connectivity index (χ0n) is 17.7. The van der Waals surface area contributed by atoms with Crippen molar-refractivity contribution in [3.8, 4) is 23.3 Å². The zero-order chi connectivity index (χ0) is 22.8. The average molecular weight is 431 g/mol. The van der Waals surface area contributed by atoms with Gasteiger partial charge in [0.05, 0.1) is 11.4 Å². The van der Waals surface area contributed by atoms with Crippen LogP contribution in [0.15, 0.2) is 39.9 Å². The molecule has 3 heterocycles. The third kappa shape index (κ3) is 3.77. The minimum Gasteiger partial charge on any atom is -0.384 e. The van der Waals surface area contributed by atoms with E-state index in [0.29, 0.717) is 28.2 Å². The van der Waals surface area contributed by atoms with E-state index in [1.54, 1.807) is 24.6 Å². The van der Waals surface area contributed by atoms with Gasteiger partial charge in [-0.15, -0.1) is 0 Å². The fraction of sp³-hybridized carbons (Fsp3) is 0.227. The number of nitrogen functional groups attached to an aromatic ring is 1. The summed E-state index contributed by atoms with van der Waals surface area (Å²) in [6, 6.07) is 7.02. The predicted molar refractivity (Wildman–Crippen MR) is 120 cm³/mol. The topological polar surface area (TPSA) is 145 Å². The molecule has 0 bridgehead atoms. The van der Waals surface area contributed by atoms with Gasteiger partial charge in [-0.2, -0.15) is 4.98 Å². The summed E-state index contributed by atoms with van der Waals surface area (Å²) in [6.07, 6.45) is 1.34. The van der Waals surface area contributed by atoms with E-state index in [1.165, 1.54) is 6.33 Å². The molecule has 3 aromatic heterocycles. The van der Waals surface area contributed by atoms with Crippen LogP contribution in [0.5, 0.6) is 0 Å². The molecule has 1 atom stereocenters. The minimum atomic E-state index is -0.332. The van der Waals surface area contributed by atoms with Gasteiger partial charge in [-0.05, 0) is 31.4 Å². The van der Waals surface area contributed by atoms with Gasteiger partial charge in [0.25, 0.3) is 11.4 Å². The average Bonchev–Trinajstić information content (AvgIpc) is 3.20. The Morgan fingerprint density at radius 3 is 2.88 bits per heavy atom. The van der Waals surface area contributed by atoms with Gasteiger partial charge in [0.1, 0.15) is 30.1 Å². The standard InChI is InChI=1S/C22H21N7O3/c1-12(26-20-18(19(23)24-11-25-20)21-27-13(2)28-32-21)16-10-15-7-4-6-14(8-5-9-30)17(15)22(31)29(16)3/h4,6-7,10-12,30H,9H2,1-3H3,(H3,23,24,25,26)/t12-/m0/s1. The monoisotopic (exact) mass is 431 g/mol. The molecule has 0 unspecified atom stereocenters. The summed E-state index contributed by atoms with van der Waals surface area (Å²) in [5.41, 5.74) is 7.56. The van der Waals surface area contributed by atoms with Crippen molar-refractivity contribution in [3.63, 3.8) is 0 Å². The van der Waals surface area contributed by atoms with E-state index in [2.05, 4.69) is 37.3 Å². The van der Waals surface area contributed by atoms with Crippen LogP contribution >= 0.6 is 0 Å². The first-order chi connectivity index (χ1) is 15.4. The van der Waals surface area contributed by atoms with Gasteiger partial charge in [0, 0.05) is 18.3 Å². The van der Waals surface area contributed by atoms with Crippen molar-refractivity contribution >= 4 is 22.4 Å². The molecule has 162 valence electrons. The van der Waals surface area contributed by atoms with E-state index < -0.39 is 0 Å². The van der Waals surface area contributed by atoms with Crippen molar-refractivity contribution in [1.82, 2.24) is 24.7 Å². The van der Waals surface area contributed by atoms with Crippen LogP contribution in [-0.2, 0) is 7.05 Å². The van der Waals surface area contributed by atoms with Crippen molar-refractivity contribution < 1.29 is 9.63 Å². The normalized spacial score (nSPS) is 11.8. The Morgan fingerprint density at radius 1 is 1.34 bits per heavy atom. The molecule has 0 amide bonds. The molecule has 0 aliphatic heterocycles. The van der Waals surface area contributed by atoms with Crippen LogP contribution in [0.1, 0.15) is 30.0 Å². The number of fused-ring (bicyclic) bond motifs is 1. The number of aryl methyl sites for hydroxylation is 1. The highest BCUT2D eigenvalue weighted by Crippen LogP contribution is 2.31. The largest absolute Gasteiger partial charge is 0.384 e. The summed E-state index contributed by atoms with van der Waals surface area (Å²) in [5, 5.41) is 17.3. The van der Waals surface area contributed by atoms with Gasteiger partial charge in [0.2, 0.25) is 0 Å². The first kappa shape index (κ1) is 21.0. The van der Waals surface area contributed by atoms with Gasteiger partial charge in [-0.25, -0.2) is 9.97 Å². The lowest BCUT2D eigenvalue weighted by Gasteiger charge is -2.20. The molecule has 0 radical (unpaired) electrons. The zero-order valence-corrected chi connectivity index (χ0v) is 17.7. The van der Waals surface area contributed by atoms with E-state index in [-0.39, 0.29) is 29.9 Å². The second kappa shape index (κ2) is 8.49. The third-order valence-corrected chi connectivity index (χ3v) is 5.02. The van der Waals surface area contributed by atoms with Crippen LogP contribution in [0.4, 0.5) is 11.6 Å². The van der Waals surface area contributed by atoms with E-state index in [9.17, 15) is 4.79 Å². The van der Waals surface area contributed by atoms with E-state index in [1.807, 2.05) is 25.1 Å². The predicted octanol–water partition coefficient (Wildman–Crippen LogP) is 1.79. The molecule has 10 nitrogen and oxygen atoms in total. The molecule has 10 heteroatoms. The highest BCUT2D eigenvalue weighted by atomic mass is 16.5. The number of nitrogens with one attached hydrogen (secondary N) is 1. The fourth-order valence-electron chi connectivity index (χ4n) is 3.52. The van der Waals surface area contributed by atoms with Crippen LogP contribution < -0.4 is 16.6 Å². The number of nitrogens with two attached hydrogens (primary N) is 1. The summed E-state index contributed by atoms with van der Waals surface area (Å²) in [7, 11) is 1.70. The number of benzene rings is 1. The lowest BCUT2D eigenvalue weighted by atomic mass is 10.0. The highest BCUT2D eigenvalue weighted by molar-refractivity contribution is 5.88. The maximum absolute atomic E-state index is 13.2. The number of aliphatic hydroxyl groups excluding tert-OH is 1. The molecule has 0 spiro atoms. The van der Waals surface area contributed by atoms with Gasteiger partial charge in [0.15, 0.2) is 5.82 Å². The first-order valence-electron chi connectivity index (χ1n) is 9.80. The Bertz CT molecular complexity index is 1430. The molecule has 4 N–H and O–H groups in total. The SMILES string of the molecule is Cc1noc(-c2c(N)ncnc2N[C@@H](C)c2cc3cccc(C#CCO)c3c(=O)n2C)n1. The maximum Gasteiger partial charge on any atom is 0.265 e. The Balaban J connectivity index is 1.78. The molecule has 1 aromatic carbocycles. The molecule has 0 saturated heterocycles. The smallest absolute Gasteiger partial charge is 0.265 e. The first-order valence-corrected chi connectivity index (χ1v) is 9.80. The summed E-state index contributed by atoms with van der Waals surface area (Å²) in [6.45, 7) is 3.32. The number of pyridine rings is 1. The molecule has 32 heavy (non-hydrogen) atoms. The van der Waals surface area contributed by atoms with Gasteiger partial charge in [-0.1, -0.05) is 29.1 Å². The number of aromatic nitrogens is 5. The summed E-state index contributed by atoms with van der Waals surface area (Å²) in [5.74, 6) is 6.71. The van der Waals surface area contributed by atoms with Gasteiger partial charge in [-0.3, -0.25) is 4.79 Å². The molecule has 4 rings (SSSR count).